The van der Waals surface area contributed by atoms with Gasteiger partial charge >= 0.3 is 11.9 Å². The summed E-state index contributed by atoms with van der Waals surface area (Å²) in [6.07, 6.45) is 0. The van der Waals surface area contributed by atoms with Crippen LogP contribution in [0.2, 0.25) is 0 Å². The number of hydrogen-bond donors (Lipinski definition) is 0. The molecule has 11 heteroatoms. The van der Waals surface area contributed by atoms with Crippen molar-refractivity contribution < 1.29 is 32.3 Å². The van der Waals surface area contributed by atoms with Crippen molar-refractivity contribution in [3.63, 3.8) is 0 Å². The Morgan fingerprint density at radius 2 is 1.43 bits per heavy atom. The van der Waals surface area contributed by atoms with Crippen LogP contribution in [-0.2, 0) is 33.9 Å². The van der Waals surface area contributed by atoms with Gasteiger partial charge in [-0.05, 0) is 19.1 Å². The Hall–Kier alpha value is -2.50. The quantitative estimate of drug-likeness (QED) is 0.495. The number of hydrogen-bond acceptors (Lipinski definition) is 8. The van der Waals surface area contributed by atoms with E-state index in [1.165, 1.54) is 18.5 Å². The molecular weight excluding hydrogens is 414 g/mol. The van der Waals surface area contributed by atoms with Gasteiger partial charge in [-0.3, -0.25) is 19.3 Å². The summed E-state index contributed by atoms with van der Waals surface area (Å²) >= 11 is 0. The molecule has 1 aliphatic rings. The highest BCUT2D eigenvalue weighted by Gasteiger charge is 2.30. The summed E-state index contributed by atoms with van der Waals surface area (Å²) in [4.78, 5) is 38.7. The topological polar surface area (TPSA) is 114 Å². The molecule has 0 spiro atoms. The molecule has 2 rings (SSSR count). The van der Waals surface area contributed by atoms with Crippen LogP contribution in [0.3, 0.4) is 0 Å². The Labute approximate surface area is 176 Å². The van der Waals surface area contributed by atoms with Crippen LogP contribution in [0.15, 0.2) is 29.2 Å². The second-order valence-electron chi connectivity index (χ2n) is 6.90. The Morgan fingerprint density at radius 1 is 0.933 bits per heavy atom. The number of carbonyl (C=O) groups is 3. The fraction of sp³-hybridized carbons (Fsp3) is 0.526. The molecule has 10 nitrogen and oxygen atoms in total. The van der Waals surface area contributed by atoms with Gasteiger partial charge in [-0.1, -0.05) is 17.7 Å². The molecule has 0 radical (unpaired) electrons. The molecule has 1 amide bonds. The van der Waals surface area contributed by atoms with E-state index >= 15 is 0 Å². The fourth-order valence-electron chi connectivity index (χ4n) is 2.95. The highest BCUT2D eigenvalue weighted by atomic mass is 32.2. The third-order valence-corrected chi connectivity index (χ3v) is 6.71. The summed E-state index contributed by atoms with van der Waals surface area (Å²) in [5, 5.41) is 0. The largest absolute Gasteiger partial charge is 0.468 e. The van der Waals surface area contributed by atoms with Crippen LogP contribution >= 0.6 is 0 Å². The minimum atomic E-state index is -3.60. The molecule has 0 saturated carbocycles. The molecule has 0 N–H and O–H groups in total. The smallest absolute Gasteiger partial charge is 0.325 e. The minimum Gasteiger partial charge on any atom is -0.468 e. The zero-order chi connectivity index (χ0) is 22.3. The molecule has 30 heavy (non-hydrogen) atoms. The zero-order valence-corrected chi connectivity index (χ0v) is 18.2. The number of amides is 1. The van der Waals surface area contributed by atoms with Crippen molar-refractivity contribution in [2.75, 3.05) is 60.0 Å². The molecule has 0 aliphatic carbocycles. The number of nitrogens with zero attached hydrogens (tertiary/aromatic N) is 3. The third-order valence-electron chi connectivity index (χ3n) is 4.80. The Morgan fingerprint density at radius 3 is 1.90 bits per heavy atom. The van der Waals surface area contributed by atoms with Crippen LogP contribution < -0.4 is 0 Å². The second-order valence-corrected chi connectivity index (χ2v) is 8.83. The first-order chi connectivity index (χ1) is 14.2. The lowest BCUT2D eigenvalue weighted by molar-refractivity contribution is -0.152. The molecule has 0 atom stereocenters. The molecular formula is C19H27N3O7S. The zero-order valence-electron chi connectivity index (χ0n) is 17.4. The maximum atomic E-state index is 12.8. The number of rotatable bonds is 8. The van der Waals surface area contributed by atoms with Crippen LogP contribution in [0.1, 0.15) is 5.56 Å². The Bertz CT molecular complexity index is 845. The van der Waals surface area contributed by atoms with E-state index < -0.39 is 27.9 Å². The Kier molecular flexibility index (Phi) is 8.33. The summed E-state index contributed by atoms with van der Waals surface area (Å²) in [7, 11) is -1.21. The molecule has 1 fully saturated rings. The Balaban J connectivity index is 1.96. The molecule has 0 unspecified atom stereocenters. The highest BCUT2D eigenvalue weighted by molar-refractivity contribution is 7.89. The van der Waals surface area contributed by atoms with Crippen LogP contribution in [0.4, 0.5) is 0 Å². The number of ether oxygens (including phenoxy) is 2. The first-order valence-corrected chi connectivity index (χ1v) is 10.8. The number of sulfonamides is 1. The first-order valence-electron chi connectivity index (χ1n) is 9.38. The average Bonchev–Trinajstić information content (AvgIpc) is 2.73. The van der Waals surface area contributed by atoms with E-state index in [0.29, 0.717) is 13.1 Å². The van der Waals surface area contributed by atoms with Crippen LogP contribution in [0.5, 0.6) is 0 Å². The van der Waals surface area contributed by atoms with Crippen molar-refractivity contribution in [1.82, 2.24) is 14.1 Å². The van der Waals surface area contributed by atoms with Crippen molar-refractivity contribution in [1.29, 1.82) is 0 Å². The number of piperazine rings is 1. The van der Waals surface area contributed by atoms with Gasteiger partial charge < -0.3 is 14.4 Å². The van der Waals surface area contributed by atoms with Crippen molar-refractivity contribution >= 4 is 27.9 Å². The summed E-state index contributed by atoms with van der Waals surface area (Å²) in [6.45, 7) is 2.26. The maximum Gasteiger partial charge on any atom is 0.325 e. The van der Waals surface area contributed by atoms with Crippen LogP contribution in [0.25, 0.3) is 0 Å². The lowest BCUT2D eigenvalue weighted by Gasteiger charge is -2.34. The van der Waals surface area contributed by atoms with E-state index in [-0.39, 0.29) is 37.6 Å². The number of carbonyl (C=O) groups excluding carboxylic acids is 3. The van der Waals surface area contributed by atoms with Gasteiger partial charge in [-0.25, -0.2) is 8.42 Å². The van der Waals surface area contributed by atoms with Gasteiger partial charge in [0.1, 0.15) is 13.1 Å². The molecule has 1 aromatic carbocycles. The predicted molar refractivity (Wildman–Crippen MR) is 107 cm³/mol. The standard InChI is InChI=1S/C19H27N3O7S/c1-15-4-6-16(7-5-15)30(26,27)22-10-8-20(9-11-22)12-17(23)21(13-18(24)28-2)14-19(25)29-3/h4-7H,8-14H2,1-3H3. The second kappa shape index (κ2) is 10.5. The van der Waals surface area contributed by atoms with E-state index in [0.717, 1.165) is 10.5 Å². The van der Waals surface area contributed by atoms with Crippen molar-refractivity contribution in [3.05, 3.63) is 29.8 Å². The van der Waals surface area contributed by atoms with Crippen molar-refractivity contribution in [2.24, 2.45) is 0 Å². The van der Waals surface area contributed by atoms with Crippen LogP contribution in [-0.4, -0.2) is 100 Å². The van der Waals surface area contributed by atoms with Gasteiger partial charge in [-0.2, -0.15) is 4.31 Å². The van der Waals surface area contributed by atoms with E-state index in [9.17, 15) is 22.8 Å². The van der Waals surface area contributed by atoms with Gasteiger partial charge in [0.25, 0.3) is 0 Å². The lowest BCUT2D eigenvalue weighted by atomic mass is 10.2. The number of methoxy groups -OCH3 is 2. The fourth-order valence-corrected chi connectivity index (χ4v) is 4.37. The maximum absolute atomic E-state index is 12.8. The SMILES string of the molecule is COC(=O)CN(CC(=O)OC)C(=O)CN1CCN(S(=O)(=O)c2ccc(C)cc2)CC1. The normalized spacial score (nSPS) is 15.4. The van der Waals surface area contributed by atoms with E-state index in [2.05, 4.69) is 9.47 Å². The summed E-state index contributed by atoms with van der Waals surface area (Å²) in [5.41, 5.74) is 0.973. The van der Waals surface area contributed by atoms with Gasteiger partial charge in [0.15, 0.2) is 0 Å². The number of esters is 2. The van der Waals surface area contributed by atoms with Crippen molar-refractivity contribution in [2.45, 2.75) is 11.8 Å². The van der Waals surface area contributed by atoms with Crippen molar-refractivity contribution in [3.8, 4) is 0 Å². The number of aryl methyl sites for hydroxylation is 1. The van der Waals surface area contributed by atoms with Gasteiger partial charge in [0.2, 0.25) is 15.9 Å². The molecule has 0 aromatic heterocycles. The summed E-state index contributed by atoms with van der Waals surface area (Å²) in [6, 6.07) is 6.66. The molecule has 1 aliphatic heterocycles. The predicted octanol–water partition coefficient (Wildman–Crippen LogP) is -0.524. The van der Waals surface area contributed by atoms with Gasteiger partial charge in [-0.15, -0.1) is 0 Å². The monoisotopic (exact) mass is 441 g/mol. The lowest BCUT2D eigenvalue weighted by Crippen LogP contribution is -2.52. The minimum absolute atomic E-state index is 0.0492. The first kappa shape index (κ1) is 23.8. The molecule has 1 heterocycles. The highest BCUT2D eigenvalue weighted by Crippen LogP contribution is 2.18. The molecule has 0 bridgehead atoms. The molecule has 1 aromatic rings. The van der Waals surface area contributed by atoms with Gasteiger partial charge in [0, 0.05) is 26.2 Å². The van der Waals surface area contributed by atoms with Crippen LogP contribution in [0, 0.1) is 6.92 Å². The van der Waals surface area contributed by atoms with E-state index in [4.69, 9.17) is 0 Å². The average molecular weight is 442 g/mol. The number of benzene rings is 1. The summed E-state index contributed by atoms with van der Waals surface area (Å²) in [5.74, 6) is -1.75. The van der Waals surface area contributed by atoms with Gasteiger partial charge in [0.05, 0.1) is 25.7 Å². The van der Waals surface area contributed by atoms with E-state index in [1.54, 1.807) is 29.2 Å². The molecule has 166 valence electrons. The van der Waals surface area contributed by atoms with E-state index in [1.807, 2.05) is 6.92 Å². The third kappa shape index (κ3) is 6.25. The molecule has 1 saturated heterocycles. The summed E-state index contributed by atoms with van der Waals surface area (Å²) < 4.78 is 36.1.